The van der Waals surface area contributed by atoms with E-state index in [0.29, 0.717) is 18.4 Å². The Morgan fingerprint density at radius 1 is 1.00 bits per heavy atom. The van der Waals surface area contributed by atoms with Gasteiger partial charge >= 0.3 is 0 Å². The first-order chi connectivity index (χ1) is 11.6. The minimum absolute atomic E-state index is 0.113. The van der Waals surface area contributed by atoms with Crippen LogP contribution in [0.5, 0.6) is 5.75 Å². The molecule has 25 heavy (non-hydrogen) atoms. The fourth-order valence-corrected chi connectivity index (χ4v) is 2.27. The summed E-state index contributed by atoms with van der Waals surface area (Å²) in [7, 11) is -3.94. The summed E-state index contributed by atoms with van der Waals surface area (Å²) in [4.78, 5) is 11.6. The number of amides is 1. The number of hydrogen-bond acceptors (Lipinski definition) is 4. The molecule has 0 aliphatic carbocycles. The molecule has 0 aliphatic rings. The fraction of sp³-hybridized carbons (Fsp3) is 0.133. The van der Waals surface area contributed by atoms with Gasteiger partial charge in [0.1, 0.15) is 24.0 Å². The van der Waals surface area contributed by atoms with Gasteiger partial charge in [0.2, 0.25) is 10.0 Å². The maximum atomic E-state index is 14.0. The molecule has 0 aliphatic heterocycles. The number of nitrogens with one attached hydrogen (secondary N) is 1. The lowest BCUT2D eigenvalue weighted by Crippen LogP contribution is -2.30. The quantitative estimate of drug-likeness (QED) is 0.813. The maximum absolute atomic E-state index is 14.0. The summed E-state index contributed by atoms with van der Waals surface area (Å²) in [6, 6.07) is 3.80. The fourth-order valence-electron chi connectivity index (χ4n) is 1.82. The third kappa shape index (κ3) is 4.92. The Labute approximate surface area is 140 Å². The summed E-state index contributed by atoms with van der Waals surface area (Å²) in [5.41, 5.74) is -1.11. The van der Waals surface area contributed by atoms with Gasteiger partial charge in [-0.3, -0.25) is 4.79 Å². The summed E-state index contributed by atoms with van der Waals surface area (Å²) >= 11 is 0. The minimum Gasteiger partial charge on any atom is -0.489 e. The molecule has 0 fully saturated rings. The van der Waals surface area contributed by atoms with E-state index in [1.807, 2.05) is 0 Å². The second-order valence-electron chi connectivity index (χ2n) is 4.99. The van der Waals surface area contributed by atoms with Crippen LogP contribution in [0.25, 0.3) is 0 Å². The van der Waals surface area contributed by atoms with Gasteiger partial charge < -0.3 is 4.74 Å². The van der Waals surface area contributed by atoms with Crippen LogP contribution in [0.3, 0.4) is 0 Å². The molecule has 2 rings (SSSR count). The van der Waals surface area contributed by atoms with Crippen LogP contribution < -0.4 is 9.46 Å². The summed E-state index contributed by atoms with van der Waals surface area (Å²) in [6.45, 7) is -0.526. The van der Waals surface area contributed by atoms with Crippen molar-refractivity contribution in [2.75, 3.05) is 6.26 Å². The predicted molar refractivity (Wildman–Crippen MR) is 79.4 cm³/mol. The lowest BCUT2D eigenvalue weighted by molar-refractivity contribution is 0.0977. The SMILES string of the molecule is CS(=O)(=O)NC(=O)c1cc(F)c(COc2ccc(F)c(F)c2)cc1F. The van der Waals surface area contributed by atoms with Crippen molar-refractivity contribution in [2.45, 2.75) is 6.61 Å². The van der Waals surface area contributed by atoms with Crippen molar-refractivity contribution in [1.29, 1.82) is 0 Å². The molecule has 134 valence electrons. The Bertz CT molecular complexity index is 931. The van der Waals surface area contributed by atoms with Gasteiger partial charge in [0.05, 0.1) is 11.8 Å². The van der Waals surface area contributed by atoms with Gasteiger partial charge in [-0.15, -0.1) is 0 Å². The molecule has 2 aromatic carbocycles. The topological polar surface area (TPSA) is 72.5 Å². The first-order valence-electron chi connectivity index (χ1n) is 6.64. The van der Waals surface area contributed by atoms with Crippen molar-refractivity contribution in [2.24, 2.45) is 0 Å². The summed E-state index contributed by atoms with van der Waals surface area (Å²) in [6.07, 6.45) is 0.684. The van der Waals surface area contributed by atoms with Gasteiger partial charge in [-0.1, -0.05) is 0 Å². The van der Waals surface area contributed by atoms with Crippen LogP contribution >= 0.6 is 0 Å². The van der Waals surface area contributed by atoms with Crippen LogP contribution in [0.2, 0.25) is 0 Å². The molecule has 0 unspecified atom stereocenters. The number of benzene rings is 2. The zero-order valence-corrected chi connectivity index (χ0v) is 13.5. The molecule has 5 nitrogen and oxygen atoms in total. The van der Waals surface area contributed by atoms with Gasteiger partial charge in [0.25, 0.3) is 5.91 Å². The predicted octanol–water partition coefficient (Wildman–Crippen LogP) is 2.51. The molecule has 10 heteroatoms. The second kappa shape index (κ2) is 7.09. The zero-order valence-electron chi connectivity index (χ0n) is 12.6. The molecular weight excluding hydrogens is 366 g/mol. The highest BCUT2D eigenvalue weighted by atomic mass is 32.2. The molecule has 0 atom stereocenters. The highest BCUT2D eigenvalue weighted by Crippen LogP contribution is 2.20. The van der Waals surface area contributed by atoms with E-state index in [9.17, 15) is 30.8 Å². The van der Waals surface area contributed by atoms with Crippen molar-refractivity contribution in [3.8, 4) is 5.75 Å². The second-order valence-corrected chi connectivity index (χ2v) is 6.74. The van der Waals surface area contributed by atoms with Gasteiger partial charge in [-0.25, -0.2) is 30.7 Å². The maximum Gasteiger partial charge on any atom is 0.267 e. The van der Waals surface area contributed by atoms with Gasteiger partial charge in [-0.2, -0.15) is 0 Å². The van der Waals surface area contributed by atoms with Crippen LogP contribution in [0, 0.1) is 23.3 Å². The summed E-state index contributed by atoms with van der Waals surface area (Å²) < 4.78 is 82.2. The first kappa shape index (κ1) is 18.7. The van der Waals surface area contributed by atoms with Gasteiger partial charge in [-0.05, 0) is 24.3 Å². The molecule has 0 aromatic heterocycles. The van der Waals surface area contributed by atoms with E-state index in [-0.39, 0.29) is 11.3 Å². The summed E-state index contributed by atoms with van der Waals surface area (Å²) in [5, 5.41) is 0. The third-order valence-electron chi connectivity index (χ3n) is 2.94. The van der Waals surface area contributed by atoms with Crippen LogP contribution in [0.1, 0.15) is 15.9 Å². The van der Waals surface area contributed by atoms with Crippen LogP contribution in [-0.2, 0) is 16.6 Å². The molecule has 2 aromatic rings. The molecule has 0 heterocycles. The number of halogens is 4. The number of carbonyl (C=O) groups excluding carboxylic acids is 1. The van der Waals surface area contributed by atoms with E-state index < -0.39 is 51.4 Å². The third-order valence-corrected chi connectivity index (χ3v) is 3.50. The van der Waals surface area contributed by atoms with Crippen molar-refractivity contribution >= 4 is 15.9 Å². The number of rotatable bonds is 5. The standard InChI is InChI=1S/C15H11F4NO4S/c1-25(22,23)20-15(21)10-6-12(17)8(4-13(10)18)7-24-9-2-3-11(16)14(19)5-9/h2-6H,7H2,1H3,(H,20,21). The van der Waals surface area contributed by atoms with Crippen LogP contribution in [0.15, 0.2) is 30.3 Å². The average Bonchev–Trinajstić information content (AvgIpc) is 2.49. The zero-order chi connectivity index (χ0) is 18.8. The molecule has 0 saturated carbocycles. The Morgan fingerprint density at radius 2 is 1.68 bits per heavy atom. The van der Waals surface area contributed by atoms with Crippen LogP contribution in [0.4, 0.5) is 17.6 Å². The minimum atomic E-state index is -3.94. The van der Waals surface area contributed by atoms with E-state index in [0.717, 1.165) is 18.2 Å². The van der Waals surface area contributed by atoms with Crippen molar-refractivity contribution < 1.29 is 35.5 Å². The number of hydrogen-bond donors (Lipinski definition) is 1. The Balaban J connectivity index is 2.19. The molecule has 0 radical (unpaired) electrons. The van der Waals surface area contributed by atoms with E-state index in [4.69, 9.17) is 4.74 Å². The Hall–Kier alpha value is -2.62. The van der Waals surface area contributed by atoms with Crippen molar-refractivity contribution in [1.82, 2.24) is 4.72 Å². The normalized spacial score (nSPS) is 11.2. The monoisotopic (exact) mass is 377 g/mol. The van der Waals surface area contributed by atoms with E-state index in [1.54, 1.807) is 0 Å². The summed E-state index contributed by atoms with van der Waals surface area (Å²) in [5.74, 6) is -5.92. The smallest absolute Gasteiger partial charge is 0.267 e. The molecule has 0 spiro atoms. The Kier molecular flexibility index (Phi) is 5.31. The highest BCUT2D eigenvalue weighted by molar-refractivity contribution is 7.89. The van der Waals surface area contributed by atoms with Crippen molar-refractivity contribution in [3.63, 3.8) is 0 Å². The van der Waals surface area contributed by atoms with Gasteiger partial charge in [0.15, 0.2) is 11.6 Å². The number of carbonyl (C=O) groups is 1. The molecular formula is C15H11F4NO4S. The molecule has 0 bridgehead atoms. The number of ether oxygens (including phenoxy) is 1. The van der Waals surface area contributed by atoms with E-state index >= 15 is 0 Å². The number of sulfonamides is 1. The lowest BCUT2D eigenvalue weighted by Gasteiger charge is -2.10. The van der Waals surface area contributed by atoms with E-state index in [2.05, 4.69) is 0 Å². The Morgan fingerprint density at radius 3 is 2.28 bits per heavy atom. The molecule has 1 amide bonds. The van der Waals surface area contributed by atoms with Crippen molar-refractivity contribution in [3.05, 3.63) is 64.7 Å². The average molecular weight is 377 g/mol. The first-order valence-corrected chi connectivity index (χ1v) is 8.54. The molecule has 1 N–H and O–H groups in total. The lowest BCUT2D eigenvalue weighted by atomic mass is 10.1. The van der Waals surface area contributed by atoms with E-state index in [1.165, 1.54) is 4.72 Å². The largest absolute Gasteiger partial charge is 0.489 e. The molecule has 0 saturated heterocycles. The van der Waals surface area contributed by atoms with Gasteiger partial charge in [0, 0.05) is 11.6 Å². The van der Waals surface area contributed by atoms with Crippen LogP contribution in [-0.4, -0.2) is 20.6 Å². The highest BCUT2D eigenvalue weighted by Gasteiger charge is 2.19.